The van der Waals surface area contributed by atoms with E-state index >= 15 is 0 Å². The van der Waals surface area contributed by atoms with Gasteiger partial charge < -0.3 is 0 Å². The highest BCUT2D eigenvalue weighted by Crippen LogP contribution is 2.17. The summed E-state index contributed by atoms with van der Waals surface area (Å²) in [6, 6.07) is 5.51. The fraction of sp³-hybridized carbons (Fsp3) is 0.571. The maximum absolute atomic E-state index is 12.9. The van der Waals surface area contributed by atoms with E-state index in [1.807, 2.05) is 0 Å². The lowest BCUT2D eigenvalue weighted by Gasteiger charge is -2.23. The van der Waals surface area contributed by atoms with Crippen molar-refractivity contribution < 1.29 is 12.8 Å². The fourth-order valence-electron chi connectivity index (χ4n) is 2.40. The maximum atomic E-state index is 12.9. The molecule has 1 fully saturated rings. The number of hydrogen-bond acceptors (Lipinski definition) is 2. The first-order valence-electron chi connectivity index (χ1n) is 7.02. The third kappa shape index (κ3) is 4.01. The topological polar surface area (TPSA) is 49.4 Å². The van der Waals surface area contributed by atoms with Crippen LogP contribution in [0.2, 0.25) is 0 Å². The van der Waals surface area contributed by atoms with Crippen molar-refractivity contribution in [3.63, 3.8) is 0 Å². The summed E-state index contributed by atoms with van der Waals surface area (Å²) >= 11 is 0. The minimum atomic E-state index is -3.47. The molecule has 112 valence electrons. The molecule has 1 aromatic carbocycles. The van der Waals surface area contributed by atoms with Crippen molar-refractivity contribution in [2.45, 2.75) is 38.6 Å². The van der Waals surface area contributed by atoms with Crippen LogP contribution in [-0.4, -0.2) is 25.8 Å². The predicted octanol–water partition coefficient (Wildman–Crippen LogP) is 2.60. The van der Waals surface area contributed by atoms with E-state index in [9.17, 15) is 12.8 Å². The second-order valence-corrected chi connectivity index (χ2v) is 6.91. The fourth-order valence-corrected chi connectivity index (χ4v) is 3.87. The average molecular weight is 300 g/mol. The molecular weight excluding hydrogens is 279 g/mol. The summed E-state index contributed by atoms with van der Waals surface area (Å²) in [6.45, 7) is 2.92. The van der Waals surface area contributed by atoms with Gasteiger partial charge in [-0.15, -0.1) is 0 Å². The van der Waals surface area contributed by atoms with Crippen LogP contribution < -0.4 is 4.72 Å². The molecule has 20 heavy (non-hydrogen) atoms. The Kier molecular flexibility index (Phi) is 5.12. The summed E-state index contributed by atoms with van der Waals surface area (Å²) in [5.41, 5.74) is 0.754. The Morgan fingerprint density at radius 3 is 2.20 bits per heavy atom. The number of halogens is 1. The number of rotatable bonds is 4. The molecule has 0 bridgehead atoms. The van der Waals surface area contributed by atoms with Gasteiger partial charge in [-0.3, -0.25) is 0 Å². The van der Waals surface area contributed by atoms with E-state index in [2.05, 4.69) is 4.72 Å². The van der Waals surface area contributed by atoms with Crippen molar-refractivity contribution in [1.82, 2.24) is 9.03 Å². The highest BCUT2D eigenvalue weighted by Gasteiger charge is 2.24. The van der Waals surface area contributed by atoms with E-state index in [-0.39, 0.29) is 11.9 Å². The minimum Gasteiger partial charge on any atom is -0.207 e. The number of nitrogens with zero attached hydrogens (tertiary/aromatic N) is 1. The first-order chi connectivity index (χ1) is 9.49. The molecule has 0 radical (unpaired) electrons. The quantitative estimate of drug-likeness (QED) is 0.929. The third-order valence-electron chi connectivity index (χ3n) is 3.60. The Morgan fingerprint density at radius 1 is 1.10 bits per heavy atom. The molecule has 0 saturated carbocycles. The third-order valence-corrected chi connectivity index (χ3v) is 5.30. The molecule has 1 saturated heterocycles. The van der Waals surface area contributed by atoms with Gasteiger partial charge >= 0.3 is 0 Å². The van der Waals surface area contributed by atoms with E-state index in [0.717, 1.165) is 31.2 Å². The van der Waals surface area contributed by atoms with Gasteiger partial charge in [-0.2, -0.15) is 17.4 Å². The highest BCUT2D eigenvalue weighted by molar-refractivity contribution is 7.87. The monoisotopic (exact) mass is 300 g/mol. The Balaban J connectivity index is 2.04. The molecule has 0 aromatic heterocycles. The van der Waals surface area contributed by atoms with Crippen molar-refractivity contribution in [3.05, 3.63) is 35.6 Å². The van der Waals surface area contributed by atoms with Gasteiger partial charge in [-0.05, 0) is 37.5 Å². The van der Waals surface area contributed by atoms with E-state index in [1.54, 1.807) is 19.1 Å². The van der Waals surface area contributed by atoms with Crippen LogP contribution >= 0.6 is 0 Å². The molecule has 0 amide bonds. The van der Waals surface area contributed by atoms with Gasteiger partial charge in [0.25, 0.3) is 10.2 Å². The molecule has 6 heteroatoms. The van der Waals surface area contributed by atoms with E-state index < -0.39 is 10.2 Å². The Hall–Kier alpha value is -0.980. The second-order valence-electron chi connectivity index (χ2n) is 5.21. The summed E-state index contributed by atoms with van der Waals surface area (Å²) in [6.07, 6.45) is 3.98. The highest BCUT2D eigenvalue weighted by atomic mass is 32.2. The van der Waals surface area contributed by atoms with Crippen molar-refractivity contribution >= 4 is 10.2 Å². The van der Waals surface area contributed by atoms with Gasteiger partial charge in [0.15, 0.2) is 0 Å². The summed E-state index contributed by atoms with van der Waals surface area (Å²) < 4.78 is 41.7. The second kappa shape index (κ2) is 6.65. The van der Waals surface area contributed by atoms with Crippen molar-refractivity contribution in [3.8, 4) is 0 Å². The lowest BCUT2D eigenvalue weighted by molar-refractivity contribution is 0.410. The zero-order valence-electron chi connectivity index (χ0n) is 11.7. The largest absolute Gasteiger partial charge is 0.279 e. The first kappa shape index (κ1) is 15.4. The molecule has 1 heterocycles. The molecule has 1 unspecified atom stereocenters. The van der Waals surface area contributed by atoms with Crippen molar-refractivity contribution in [2.75, 3.05) is 13.1 Å². The zero-order chi connectivity index (χ0) is 14.6. The number of hydrogen-bond donors (Lipinski definition) is 1. The number of benzene rings is 1. The van der Waals surface area contributed by atoms with Crippen LogP contribution in [0, 0.1) is 5.82 Å². The molecule has 1 aromatic rings. The predicted molar refractivity (Wildman–Crippen MR) is 76.9 cm³/mol. The van der Waals surface area contributed by atoms with Crippen LogP contribution in [0.15, 0.2) is 24.3 Å². The first-order valence-corrected chi connectivity index (χ1v) is 8.46. The molecule has 2 rings (SSSR count). The summed E-state index contributed by atoms with van der Waals surface area (Å²) in [5.74, 6) is -0.323. The molecule has 1 N–H and O–H groups in total. The van der Waals surface area contributed by atoms with Crippen LogP contribution in [0.5, 0.6) is 0 Å². The Bertz CT molecular complexity index is 523. The van der Waals surface area contributed by atoms with Gasteiger partial charge in [-0.25, -0.2) is 4.39 Å². The SMILES string of the molecule is CC(NS(=O)(=O)N1CCCCCC1)c1ccc(F)cc1. The summed E-state index contributed by atoms with van der Waals surface area (Å²) in [7, 11) is -3.47. The molecule has 1 aliphatic rings. The normalized spacial score (nSPS) is 19.5. The Morgan fingerprint density at radius 2 is 1.65 bits per heavy atom. The summed E-state index contributed by atoms with van der Waals surface area (Å²) in [5, 5.41) is 0. The summed E-state index contributed by atoms with van der Waals surface area (Å²) in [4.78, 5) is 0. The van der Waals surface area contributed by atoms with E-state index in [4.69, 9.17) is 0 Å². The van der Waals surface area contributed by atoms with Crippen molar-refractivity contribution in [2.24, 2.45) is 0 Å². The van der Waals surface area contributed by atoms with Gasteiger partial charge in [0.1, 0.15) is 5.82 Å². The standard InChI is InChI=1S/C14H21FN2O2S/c1-12(13-6-8-14(15)9-7-13)16-20(18,19)17-10-4-2-3-5-11-17/h6-9,12,16H,2-5,10-11H2,1H3. The maximum Gasteiger partial charge on any atom is 0.279 e. The van der Waals surface area contributed by atoms with E-state index in [1.165, 1.54) is 16.4 Å². The van der Waals surface area contributed by atoms with Gasteiger partial charge in [0.2, 0.25) is 0 Å². The molecule has 0 spiro atoms. The zero-order valence-corrected chi connectivity index (χ0v) is 12.5. The van der Waals surface area contributed by atoms with E-state index in [0.29, 0.717) is 13.1 Å². The minimum absolute atomic E-state index is 0.323. The van der Waals surface area contributed by atoms with Gasteiger partial charge in [0.05, 0.1) is 0 Å². The molecule has 4 nitrogen and oxygen atoms in total. The lowest BCUT2D eigenvalue weighted by Crippen LogP contribution is -2.42. The molecule has 1 atom stereocenters. The molecule has 1 aliphatic heterocycles. The van der Waals surface area contributed by atoms with Crippen molar-refractivity contribution in [1.29, 1.82) is 0 Å². The number of nitrogens with one attached hydrogen (secondary N) is 1. The van der Waals surface area contributed by atoms with Crippen LogP contribution in [-0.2, 0) is 10.2 Å². The Labute approximate surface area is 120 Å². The average Bonchev–Trinajstić information content (AvgIpc) is 2.68. The van der Waals surface area contributed by atoms with Gasteiger partial charge in [-0.1, -0.05) is 25.0 Å². The lowest BCUT2D eigenvalue weighted by atomic mass is 10.1. The van der Waals surface area contributed by atoms with Crippen LogP contribution in [0.1, 0.15) is 44.2 Å². The van der Waals surface area contributed by atoms with Crippen LogP contribution in [0.3, 0.4) is 0 Å². The van der Waals surface area contributed by atoms with Crippen LogP contribution in [0.25, 0.3) is 0 Å². The van der Waals surface area contributed by atoms with Gasteiger partial charge in [0, 0.05) is 19.1 Å². The molecule has 0 aliphatic carbocycles. The smallest absolute Gasteiger partial charge is 0.207 e. The van der Waals surface area contributed by atoms with Crippen LogP contribution in [0.4, 0.5) is 4.39 Å². The molecular formula is C14H21FN2O2S.